The summed E-state index contributed by atoms with van der Waals surface area (Å²) in [6.07, 6.45) is 7.89. The standard InChI is InChI=1S/C19H31N3O2/c1-19(10-6-4-5-7-11-19)14-22-18(20)21-13-15-8-9-16(23-2)17(12-15)24-3/h8-9,12H,4-7,10-11,13-14H2,1-3H3,(H3,20,21,22). The van der Waals surface area contributed by atoms with Crippen molar-refractivity contribution in [2.75, 3.05) is 20.8 Å². The van der Waals surface area contributed by atoms with Crippen LogP contribution >= 0.6 is 0 Å². The fourth-order valence-electron chi connectivity index (χ4n) is 3.27. The molecule has 1 saturated carbocycles. The zero-order valence-corrected chi connectivity index (χ0v) is 15.2. The lowest BCUT2D eigenvalue weighted by molar-refractivity contribution is 0.277. The molecule has 5 heteroatoms. The van der Waals surface area contributed by atoms with Crippen LogP contribution < -0.4 is 20.5 Å². The molecule has 5 nitrogen and oxygen atoms in total. The fourth-order valence-corrected chi connectivity index (χ4v) is 3.27. The summed E-state index contributed by atoms with van der Waals surface area (Å²) in [7, 11) is 3.26. The van der Waals surface area contributed by atoms with Gasteiger partial charge < -0.3 is 20.5 Å². The van der Waals surface area contributed by atoms with Gasteiger partial charge in [-0.15, -0.1) is 0 Å². The quantitative estimate of drug-likeness (QED) is 0.475. The Labute approximate surface area is 145 Å². The van der Waals surface area contributed by atoms with Crippen LogP contribution in [0.15, 0.2) is 23.2 Å². The average molecular weight is 333 g/mol. The zero-order valence-electron chi connectivity index (χ0n) is 15.2. The first-order valence-corrected chi connectivity index (χ1v) is 8.81. The Balaban J connectivity index is 1.89. The predicted molar refractivity (Wildman–Crippen MR) is 98.7 cm³/mol. The maximum atomic E-state index is 6.05. The Hall–Kier alpha value is -1.91. The number of hydrogen-bond acceptors (Lipinski definition) is 3. The summed E-state index contributed by atoms with van der Waals surface area (Å²) >= 11 is 0. The van der Waals surface area contributed by atoms with Gasteiger partial charge >= 0.3 is 0 Å². The molecule has 1 aromatic carbocycles. The molecule has 1 aromatic rings. The third-order valence-electron chi connectivity index (χ3n) is 4.89. The molecule has 0 aromatic heterocycles. The minimum Gasteiger partial charge on any atom is -0.493 e. The van der Waals surface area contributed by atoms with Crippen molar-refractivity contribution in [2.45, 2.75) is 52.0 Å². The number of nitrogens with two attached hydrogens (primary N) is 1. The normalized spacial score (nSPS) is 17.9. The van der Waals surface area contributed by atoms with Crippen LogP contribution in [0, 0.1) is 5.41 Å². The summed E-state index contributed by atoms with van der Waals surface area (Å²) in [5.74, 6) is 1.94. The monoisotopic (exact) mass is 333 g/mol. The summed E-state index contributed by atoms with van der Waals surface area (Å²) < 4.78 is 10.6. The molecular formula is C19H31N3O2. The molecule has 0 saturated heterocycles. The molecule has 3 N–H and O–H groups in total. The predicted octanol–water partition coefficient (Wildman–Crippen LogP) is 3.47. The molecule has 1 aliphatic carbocycles. The highest BCUT2D eigenvalue weighted by Gasteiger charge is 2.25. The lowest BCUT2D eigenvalue weighted by atomic mass is 9.82. The third-order valence-corrected chi connectivity index (χ3v) is 4.89. The molecule has 0 spiro atoms. The van der Waals surface area contributed by atoms with Gasteiger partial charge in [0, 0.05) is 6.54 Å². The number of aliphatic imine (C=N–C) groups is 1. The van der Waals surface area contributed by atoms with Crippen molar-refractivity contribution < 1.29 is 9.47 Å². The van der Waals surface area contributed by atoms with E-state index in [0.717, 1.165) is 17.9 Å². The second-order valence-corrected chi connectivity index (χ2v) is 6.97. The molecular weight excluding hydrogens is 302 g/mol. The van der Waals surface area contributed by atoms with Crippen LogP contribution in [0.5, 0.6) is 11.5 Å². The van der Waals surface area contributed by atoms with Gasteiger partial charge in [-0.1, -0.05) is 38.7 Å². The van der Waals surface area contributed by atoms with Gasteiger partial charge in [0.2, 0.25) is 0 Å². The molecule has 24 heavy (non-hydrogen) atoms. The number of benzene rings is 1. The van der Waals surface area contributed by atoms with Crippen molar-refractivity contribution in [3.8, 4) is 11.5 Å². The van der Waals surface area contributed by atoms with Crippen LogP contribution in [0.4, 0.5) is 0 Å². The first-order chi connectivity index (χ1) is 11.6. The van der Waals surface area contributed by atoms with Gasteiger partial charge in [-0.2, -0.15) is 0 Å². The van der Waals surface area contributed by atoms with Crippen LogP contribution in [0.1, 0.15) is 51.0 Å². The van der Waals surface area contributed by atoms with E-state index >= 15 is 0 Å². The minimum atomic E-state index is 0.333. The van der Waals surface area contributed by atoms with Crippen LogP contribution in [-0.2, 0) is 6.54 Å². The molecule has 0 heterocycles. The molecule has 0 unspecified atom stereocenters. The van der Waals surface area contributed by atoms with E-state index in [4.69, 9.17) is 15.2 Å². The van der Waals surface area contributed by atoms with Gasteiger partial charge in [-0.25, -0.2) is 4.99 Å². The van der Waals surface area contributed by atoms with Gasteiger partial charge in [0.15, 0.2) is 17.5 Å². The fraction of sp³-hybridized carbons (Fsp3) is 0.632. The number of ether oxygens (including phenoxy) is 2. The van der Waals surface area contributed by atoms with Gasteiger partial charge in [0.25, 0.3) is 0 Å². The van der Waals surface area contributed by atoms with E-state index in [-0.39, 0.29) is 0 Å². The summed E-state index contributed by atoms with van der Waals surface area (Å²) in [6, 6.07) is 5.80. The summed E-state index contributed by atoms with van der Waals surface area (Å²) in [4.78, 5) is 4.45. The van der Waals surface area contributed by atoms with Crippen LogP contribution in [0.25, 0.3) is 0 Å². The van der Waals surface area contributed by atoms with Crippen LogP contribution in [0.2, 0.25) is 0 Å². The Morgan fingerprint density at radius 3 is 2.42 bits per heavy atom. The summed E-state index contributed by atoms with van der Waals surface area (Å²) in [5.41, 5.74) is 7.42. The summed E-state index contributed by atoms with van der Waals surface area (Å²) in [6.45, 7) is 3.77. The number of rotatable bonds is 6. The van der Waals surface area contributed by atoms with Gasteiger partial charge in [0.1, 0.15) is 0 Å². The Kier molecular flexibility index (Phi) is 6.76. The van der Waals surface area contributed by atoms with E-state index in [2.05, 4.69) is 17.2 Å². The Morgan fingerprint density at radius 2 is 1.79 bits per heavy atom. The molecule has 1 fully saturated rings. The average Bonchev–Trinajstić information content (AvgIpc) is 2.83. The van der Waals surface area contributed by atoms with Crippen molar-refractivity contribution in [3.05, 3.63) is 23.8 Å². The van der Waals surface area contributed by atoms with Crippen molar-refractivity contribution >= 4 is 5.96 Å². The van der Waals surface area contributed by atoms with Crippen LogP contribution in [0.3, 0.4) is 0 Å². The molecule has 0 radical (unpaired) electrons. The number of guanidine groups is 1. The molecule has 0 aliphatic heterocycles. The van der Waals surface area contributed by atoms with E-state index in [1.165, 1.54) is 38.5 Å². The third kappa shape index (κ3) is 5.32. The summed E-state index contributed by atoms with van der Waals surface area (Å²) in [5, 5.41) is 3.31. The Bertz CT molecular complexity index is 550. The van der Waals surface area contributed by atoms with E-state index in [9.17, 15) is 0 Å². The molecule has 0 atom stereocenters. The number of hydrogen-bond donors (Lipinski definition) is 2. The maximum absolute atomic E-state index is 6.05. The highest BCUT2D eigenvalue weighted by Crippen LogP contribution is 2.33. The first kappa shape index (κ1) is 18.4. The van der Waals surface area contributed by atoms with Gasteiger partial charge in [0.05, 0.1) is 20.8 Å². The van der Waals surface area contributed by atoms with Gasteiger partial charge in [-0.3, -0.25) is 0 Å². The van der Waals surface area contributed by atoms with E-state index in [1.807, 2.05) is 18.2 Å². The molecule has 2 rings (SSSR count). The number of nitrogens with one attached hydrogen (secondary N) is 1. The highest BCUT2D eigenvalue weighted by molar-refractivity contribution is 5.77. The van der Waals surface area contributed by atoms with E-state index < -0.39 is 0 Å². The zero-order chi connectivity index (χ0) is 17.4. The lowest BCUT2D eigenvalue weighted by Crippen LogP contribution is -2.39. The van der Waals surface area contributed by atoms with Gasteiger partial charge in [-0.05, 0) is 36.0 Å². The van der Waals surface area contributed by atoms with E-state index in [1.54, 1.807) is 14.2 Å². The van der Waals surface area contributed by atoms with Crippen molar-refractivity contribution in [2.24, 2.45) is 16.1 Å². The topological polar surface area (TPSA) is 68.9 Å². The van der Waals surface area contributed by atoms with Crippen molar-refractivity contribution in [3.63, 3.8) is 0 Å². The van der Waals surface area contributed by atoms with Crippen molar-refractivity contribution in [1.82, 2.24) is 5.32 Å². The molecule has 1 aliphatic rings. The lowest BCUT2D eigenvalue weighted by Gasteiger charge is -2.28. The van der Waals surface area contributed by atoms with Crippen molar-refractivity contribution in [1.29, 1.82) is 0 Å². The second-order valence-electron chi connectivity index (χ2n) is 6.97. The number of nitrogens with zero attached hydrogens (tertiary/aromatic N) is 1. The maximum Gasteiger partial charge on any atom is 0.188 e. The second kappa shape index (κ2) is 8.81. The van der Waals surface area contributed by atoms with Crippen LogP contribution in [-0.4, -0.2) is 26.7 Å². The first-order valence-electron chi connectivity index (χ1n) is 8.81. The molecule has 134 valence electrons. The largest absolute Gasteiger partial charge is 0.493 e. The minimum absolute atomic E-state index is 0.333. The highest BCUT2D eigenvalue weighted by atomic mass is 16.5. The number of methoxy groups -OCH3 is 2. The smallest absolute Gasteiger partial charge is 0.188 e. The SMILES string of the molecule is COc1ccc(CN=C(N)NCC2(C)CCCCCC2)cc1OC. The van der Waals surface area contributed by atoms with E-state index in [0.29, 0.717) is 23.7 Å². The molecule has 0 amide bonds. The molecule has 0 bridgehead atoms. The Morgan fingerprint density at radius 1 is 1.12 bits per heavy atom.